The summed E-state index contributed by atoms with van der Waals surface area (Å²) < 4.78 is 52.9. The third-order valence-corrected chi connectivity index (χ3v) is 9.09. The van der Waals surface area contributed by atoms with E-state index in [0.717, 1.165) is 35.8 Å². The molecule has 2 aliphatic rings. The number of nitrogens with zero attached hydrogens (tertiary/aromatic N) is 1. The number of halogens is 2. The molecule has 6 rings (SSSR count). The van der Waals surface area contributed by atoms with Crippen LogP contribution >= 0.6 is 11.6 Å². The quantitative estimate of drug-likeness (QED) is 0.276. The van der Waals surface area contributed by atoms with Crippen LogP contribution in [0.1, 0.15) is 64.1 Å². The van der Waals surface area contributed by atoms with Crippen molar-refractivity contribution in [2.24, 2.45) is 5.73 Å². The van der Waals surface area contributed by atoms with Crippen LogP contribution in [0.25, 0.3) is 11.0 Å². The maximum absolute atomic E-state index is 13.4. The van der Waals surface area contributed by atoms with Gasteiger partial charge < -0.3 is 19.8 Å². The molecule has 1 aliphatic heterocycles. The van der Waals surface area contributed by atoms with Crippen LogP contribution in [0, 0.1) is 5.82 Å². The molecule has 1 unspecified atom stereocenters. The predicted molar refractivity (Wildman–Crippen MR) is 156 cm³/mol. The second kappa shape index (κ2) is 10.5. The molecule has 2 heterocycles. The number of hydrogen-bond acceptors (Lipinski definition) is 6. The second-order valence-electron chi connectivity index (χ2n) is 10.6. The van der Waals surface area contributed by atoms with E-state index >= 15 is 0 Å². The second-order valence-corrected chi connectivity index (χ2v) is 13.0. The molecular formula is C29H27BClFN2O6S. The molecule has 4 aromatic rings. The number of primary amides is 1. The Morgan fingerprint density at radius 2 is 1.88 bits per heavy atom. The molecule has 3 aromatic carbocycles. The van der Waals surface area contributed by atoms with Crippen molar-refractivity contribution in [3.63, 3.8) is 0 Å². The minimum Gasteiger partial charge on any atom is -0.460 e. The van der Waals surface area contributed by atoms with Gasteiger partial charge >= 0.3 is 7.12 Å². The first-order valence-corrected chi connectivity index (χ1v) is 15.5. The normalized spacial score (nSPS) is 16.8. The van der Waals surface area contributed by atoms with Crippen LogP contribution in [0.5, 0.6) is 0 Å². The molecule has 12 heteroatoms. The van der Waals surface area contributed by atoms with E-state index < -0.39 is 29.2 Å². The van der Waals surface area contributed by atoms with E-state index in [-0.39, 0.29) is 36.7 Å². The van der Waals surface area contributed by atoms with Gasteiger partial charge in [-0.25, -0.2) is 12.8 Å². The monoisotopic (exact) mass is 596 g/mol. The molecule has 212 valence electrons. The molecular weight excluding hydrogens is 570 g/mol. The fourth-order valence-corrected chi connectivity index (χ4v) is 6.73. The van der Waals surface area contributed by atoms with Gasteiger partial charge in [0.05, 0.1) is 23.6 Å². The molecule has 0 radical (unpaired) electrons. The summed E-state index contributed by atoms with van der Waals surface area (Å²) in [5.41, 5.74) is 9.64. The van der Waals surface area contributed by atoms with Crippen LogP contribution in [0.15, 0.2) is 59.0 Å². The maximum atomic E-state index is 13.4. The summed E-state index contributed by atoms with van der Waals surface area (Å²) in [6, 6.07) is 14.4. The van der Waals surface area contributed by atoms with Crippen molar-refractivity contribution in [3.8, 4) is 0 Å². The van der Waals surface area contributed by atoms with Crippen LogP contribution in [0.3, 0.4) is 0 Å². The highest BCUT2D eigenvalue weighted by Crippen LogP contribution is 2.47. The van der Waals surface area contributed by atoms with E-state index in [1.807, 2.05) is 6.07 Å². The first kappa shape index (κ1) is 27.8. The summed E-state index contributed by atoms with van der Waals surface area (Å²) in [4.78, 5) is 12.6. The minimum absolute atomic E-state index is 0.0687. The van der Waals surface area contributed by atoms with Crippen LogP contribution < -0.4 is 15.5 Å². The van der Waals surface area contributed by atoms with Crippen molar-refractivity contribution in [1.82, 2.24) is 0 Å². The Hall–Kier alpha value is -3.38. The Labute approximate surface area is 242 Å². The van der Waals surface area contributed by atoms with Crippen molar-refractivity contribution >= 4 is 56.8 Å². The Morgan fingerprint density at radius 1 is 1.15 bits per heavy atom. The summed E-state index contributed by atoms with van der Waals surface area (Å²) in [6.45, 7) is 0.0687. The Morgan fingerprint density at radius 3 is 2.54 bits per heavy atom. The molecule has 1 saturated carbocycles. The van der Waals surface area contributed by atoms with Gasteiger partial charge in [-0.2, -0.15) is 0 Å². The van der Waals surface area contributed by atoms with Crippen LogP contribution in [0.2, 0.25) is 5.02 Å². The number of fused-ring (bicyclic) bond motifs is 2. The van der Waals surface area contributed by atoms with Gasteiger partial charge in [0, 0.05) is 29.4 Å². The average Bonchev–Trinajstić information content (AvgIpc) is 3.62. The van der Waals surface area contributed by atoms with Crippen LogP contribution in [-0.2, 0) is 21.1 Å². The molecule has 1 atom stereocenters. The summed E-state index contributed by atoms with van der Waals surface area (Å²) in [6.07, 6.45) is 2.82. The third-order valence-electron chi connectivity index (χ3n) is 7.67. The highest BCUT2D eigenvalue weighted by molar-refractivity contribution is 7.92. The Bertz CT molecular complexity index is 1770. The van der Waals surface area contributed by atoms with E-state index in [9.17, 15) is 22.6 Å². The lowest BCUT2D eigenvalue weighted by atomic mass is 9.79. The molecule has 1 amide bonds. The number of amides is 1. The van der Waals surface area contributed by atoms with Gasteiger partial charge in [-0.15, -0.1) is 0 Å². The molecule has 0 saturated heterocycles. The van der Waals surface area contributed by atoms with E-state index in [4.69, 9.17) is 26.4 Å². The molecule has 0 bridgehead atoms. The van der Waals surface area contributed by atoms with E-state index in [1.54, 1.807) is 36.4 Å². The lowest BCUT2D eigenvalue weighted by molar-refractivity contribution is 0.1000. The minimum atomic E-state index is -3.76. The van der Waals surface area contributed by atoms with Gasteiger partial charge in [-0.05, 0) is 77.7 Å². The van der Waals surface area contributed by atoms with Gasteiger partial charge in [-0.3, -0.25) is 9.10 Å². The van der Waals surface area contributed by atoms with E-state index in [0.29, 0.717) is 32.9 Å². The van der Waals surface area contributed by atoms with Gasteiger partial charge in [0.25, 0.3) is 5.91 Å². The SMILES string of the molecule is CS(=O)(=O)N(CCC1OB(O)c2ccc(Cl)cc21)c1cc2oc(Cc3ccc(F)cc3)c(C(N)=O)c2cc1C1CC1. The zero-order chi connectivity index (χ0) is 29.1. The lowest BCUT2D eigenvalue weighted by Crippen LogP contribution is -2.32. The first-order chi connectivity index (χ1) is 19.5. The number of furan rings is 1. The summed E-state index contributed by atoms with van der Waals surface area (Å²) >= 11 is 6.18. The molecule has 1 fully saturated rings. The summed E-state index contributed by atoms with van der Waals surface area (Å²) in [5, 5.41) is 11.4. The largest absolute Gasteiger partial charge is 0.491 e. The molecule has 1 aliphatic carbocycles. The van der Waals surface area contributed by atoms with Gasteiger partial charge in [0.1, 0.15) is 17.2 Å². The number of hydrogen-bond donors (Lipinski definition) is 2. The summed E-state index contributed by atoms with van der Waals surface area (Å²) in [7, 11) is -4.88. The topological polar surface area (TPSA) is 123 Å². The molecule has 0 spiro atoms. The van der Waals surface area contributed by atoms with Gasteiger partial charge in [-0.1, -0.05) is 29.8 Å². The number of anilines is 1. The number of benzene rings is 3. The zero-order valence-electron chi connectivity index (χ0n) is 22.1. The smallest absolute Gasteiger partial charge is 0.460 e. The Balaban J connectivity index is 1.39. The van der Waals surface area contributed by atoms with E-state index in [2.05, 4.69) is 0 Å². The van der Waals surface area contributed by atoms with Crippen molar-refractivity contribution in [1.29, 1.82) is 0 Å². The van der Waals surface area contributed by atoms with Crippen LogP contribution in [0.4, 0.5) is 10.1 Å². The van der Waals surface area contributed by atoms with Crippen molar-refractivity contribution < 1.29 is 31.7 Å². The summed E-state index contributed by atoms with van der Waals surface area (Å²) in [5.74, 6) is -0.591. The molecule has 3 N–H and O–H groups in total. The number of sulfonamides is 1. The number of nitrogens with two attached hydrogens (primary N) is 1. The Kier molecular flexibility index (Phi) is 7.09. The first-order valence-electron chi connectivity index (χ1n) is 13.2. The highest BCUT2D eigenvalue weighted by atomic mass is 35.5. The van der Waals surface area contributed by atoms with E-state index in [1.165, 1.54) is 16.4 Å². The molecule has 41 heavy (non-hydrogen) atoms. The molecule has 1 aromatic heterocycles. The van der Waals surface area contributed by atoms with Crippen molar-refractivity contribution in [3.05, 3.63) is 93.5 Å². The highest BCUT2D eigenvalue weighted by Gasteiger charge is 2.37. The predicted octanol–water partition coefficient (Wildman–Crippen LogP) is 4.41. The molecule has 8 nitrogen and oxygen atoms in total. The number of carbonyl (C=O) groups is 1. The lowest BCUT2D eigenvalue weighted by Gasteiger charge is -2.26. The standard InChI is InChI=1S/C29H27BClFN2O6S/c1-41(37,38)34(11-10-25-21-13-18(31)6-9-23(21)30(36)40-25)24-15-26-22(14-20(24)17-4-5-17)28(29(33)35)27(39-26)12-16-2-7-19(32)8-3-16/h2-3,6-9,13-15,17,25,36H,4-5,10-12H2,1H3,(H2,33,35). The van der Waals surface area contributed by atoms with Crippen LogP contribution in [-0.4, -0.2) is 39.3 Å². The number of rotatable bonds is 9. The van der Waals surface area contributed by atoms with Gasteiger partial charge in [0.15, 0.2) is 0 Å². The van der Waals surface area contributed by atoms with Crippen molar-refractivity contribution in [2.45, 2.75) is 37.7 Å². The van der Waals surface area contributed by atoms with Crippen molar-refractivity contribution in [2.75, 3.05) is 17.1 Å². The fourth-order valence-electron chi connectivity index (χ4n) is 5.59. The third kappa shape index (κ3) is 5.47. The zero-order valence-corrected chi connectivity index (χ0v) is 23.7. The maximum Gasteiger partial charge on any atom is 0.491 e. The van der Waals surface area contributed by atoms with Gasteiger partial charge in [0.2, 0.25) is 10.0 Å². The average molecular weight is 597 g/mol. The number of carbonyl (C=O) groups excluding carboxylic acids is 1. The fraction of sp³-hybridized carbons (Fsp3) is 0.276.